The van der Waals surface area contributed by atoms with Crippen LogP contribution in [-0.4, -0.2) is 54.7 Å². The fourth-order valence-electron chi connectivity index (χ4n) is 4.55. The Morgan fingerprint density at radius 3 is 2.53 bits per heavy atom. The summed E-state index contributed by atoms with van der Waals surface area (Å²) in [5.41, 5.74) is 2.23. The van der Waals surface area contributed by atoms with Gasteiger partial charge in [0.1, 0.15) is 17.2 Å². The van der Waals surface area contributed by atoms with Gasteiger partial charge in [0, 0.05) is 20.2 Å². The highest BCUT2D eigenvalue weighted by Gasteiger charge is 2.28. The topological polar surface area (TPSA) is 73.8 Å². The predicted octanol–water partition coefficient (Wildman–Crippen LogP) is 5.04. The van der Waals surface area contributed by atoms with Gasteiger partial charge in [-0.3, -0.25) is 4.79 Å². The number of nitrogens with zero attached hydrogens (tertiary/aromatic N) is 3. The Morgan fingerprint density at radius 2 is 1.88 bits per heavy atom. The lowest BCUT2D eigenvalue weighted by Crippen LogP contribution is -2.38. The first-order valence-corrected chi connectivity index (χ1v) is 12.7. The molecule has 0 bridgehead atoms. The van der Waals surface area contributed by atoms with E-state index in [1.54, 1.807) is 14.2 Å². The van der Waals surface area contributed by atoms with E-state index < -0.39 is 0 Å². The molecule has 182 valence electrons. The minimum Gasteiger partial charge on any atom is -0.494 e. The van der Waals surface area contributed by atoms with Crippen molar-refractivity contribution in [3.05, 3.63) is 46.1 Å². The van der Waals surface area contributed by atoms with E-state index >= 15 is 0 Å². The van der Waals surface area contributed by atoms with Gasteiger partial charge in [-0.15, -0.1) is 11.3 Å². The van der Waals surface area contributed by atoms with Gasteiger partial charge in [0.05, 0.1) is 24.0 Å². The maximum absolute atomic E-state index is 13.4. The van der Waals surface area contributed by atoms with Crippen molar-refractivity contribution in [3.8, 4) is 11.6 Å². The number of likely N-dealkylation sites (tertiary alicyclic amines) is 1. The van der Waals surface area contributed by atoms with E-state index in [1.807, 2.05) is 30.9 Å². The number of carbonyl (C=O) groups excluding carboxylic acids is 1. The number of thiophene rings is 1. The molecule has 0 saturated carbocycles. The second-order valence-corrected chi connectivity index (χ2v) is 9.67. The van der Waals surface area contributed by atoms with Crippen LogP contribution >= 0.6 is 11.3 Å². The Balaban J connectivity index is 1.38. The predicted molar refractivity (Wildman–Crippen MR) is 134 cm³/mol. The number of ether oxygens (including phenoxy) is 3. The molecule has 0 atom stereocenters. The van der Waals surface area contributed by atoms with Gasteiger partial charge in [-0.25, -0.2) is 4.98 Å². The molecule has 0 unspecified atom stereocenters. The molecule has 0 radical (unpaired) electrons. The minimum absolute atomic E-state index is 0.0841. The minimum atomic E-state index is 0.0841. The van der Waals surface area contributed by atoms with Crippen LogP contribution in [0.2, 0.25) is 0 Å². The van der Waals surface area contributed by atoms with Crippen LogP contribution in [0.3, 0.4) is 0 Å². The first-order chi connectivity index (χ1) is 16.5. The van der Waals surface area contributed by atoms with Crippen LogP contribution in [0.5, 0.6) is 11.6 Å². The van der Waals surface area contributed by atoms with Crippen molar-refractivity contribution in [3.63, 3.8) is 0 Å². The summed E-state index contributed by atoms with van der Waals surface area (Å²) in [7, 11) is 3.20. The zero-order chi connectivity index (χ0) is 24.1. The van der Waals surface area contributed by atoms with Gasteiger partial charge in [0.25, 0.3) is 5.91 Å². The van der Waals surface area contributed by atoms with Crippen molar-refractivity contribution in [1.29, 1.82) is 0 Å². The van der Waals surface area contributed by atoms with Gasteiger partial charge in [-0.1, -0.05) is 12.1 Å². The van der Waals surface area contributed by atoms with E-state index in [4.69, 9.17) is 14.2 Å². The third-order valence-corrected chi connectivity index (χ3v) is 7.62. The molecule has 0 N–H and O–H groups in total. The maximum Gasteiger partial charge on any atom is 0.264 e. The monoisotopic (exact) mass is 483 g/mol. The molecular formula is C26H33N3O4S. The molecule has 8 heteroatoms. The first kappa shape index (κ1) is 24.4. The highest BCUT2D eigenvalue weighted by atomic mass is 32.1. The molecule has 1 aliphatic rings. The van der Waals surface area contributed by atoms with Crippen LogP contribution in [0.1, 0.15) is 52.8 Å². The van der Waals surface area contributed by atoms with E-state index in [9.17, 15) is 4.79 Å². The third kappa shape index (κ3) is 5.33. The number of carbonyl (C=O) groups is 1. The van der Waals surface area contributed by atoms with E-state index in [2.05, 4.69) is 22.1 Å². The van der Waals surface area contributed by atoms with Crippen molar-refractivity contribution in [2.24, 2.45) is 5.92 Å². The van der Waals surface area contributed by atoms with E-state index in [-0.39, 0.29) is 5.91 Å². The quantitative estimate of drug-likeness (QED) is 0.425. The fraction of sp³-hybridized carbons (Fsp3) is 0.500. The second kappa shape index (κ2) is 11.1. The molecule has 7 nitrogen and oxygen atoms in total. The normalized spacial score (nSPS) is 14.5. The molecule has 2 aromatic heterocycles. The second-order valence-electron chi connectivity index (χ2n) is 8.67. The zero-order valence-corrected chi connectivity index (χ0v) is 21.2. The number of methoxy groups -OCH3 is 2. The molecule has 0 spiro atoms. The van der Waals surface area contributed by atoms with Crippen molar-refractivity contribution < 1.29 is 19.0 Å². The van der Waals surface area contributed by atoms with Gasteiger partial charge >= 0.3 is 0 Å². The average molecular weight is 484 g/mol. The number of hydrogen-bond donors (Lipinski definition) is 0. The van der Waals surface area contributed by atoms with Gasteiger partial charge in [0.15, 0.2) is 5.82 Å². The van der Waals surface area contributed by atoms with Crippen LogP contribution in [0, 0.1) is 12.8 Å². The van der Waals surface area contributed by atoms with Crippen molar-refractivity contribution in [2.75, 3.05) is 33.9 Å². The molecule has 3 heterocycles. The SMILES string of the molecule is CCOc1ccc(CCC2CCN(C(=O)c3sc4nc(COC)nc(OC)c4c3C)CC2)cc1. The summed E-state index contributed by atoms with van der Waals surface area (Å²) >= 11 is 1.42. The Kier molecular flexibility index (Phi) is 8.00. The summed E-state index contributed by atoms with van der Waals surface area (Å²) in [6.07, 6.45) is 4.28. The van der Waals surface area contributed by atoms with Crippen molar-refractivity contribution >= 4 is 27.5 Å². The lowest BCUT2D eigenvalue weighted by molar-refractivity contribution is 0.0691. The number of piperidine rings is 1. The van der Waals surface area contributed by atoms with Crippen LogP contribution in [0.15, 0.2) is 24.3 Å². The summed E-state index contributed by atoms with van der Waals surface area (Å²) in [6.45, 7) is 6.52. The number of aryl methyl sites for hydroxylation is 2. The van der Waals surface area contributed by atoms with E-state index in [1.165, 1.54) is 16.9 Å². The van der Waals surface area contributed by atoms with E-state index in [0.717, 1.165) is 65.2 Å². The molecule has 1 aromatic carbocycles. The number of rotatable bonds is 9. The summed E-state index contributed by atoms with van der Waals surface area (Å²) in [5, 5.41) is 0.820. The lowest BCUT2D eigenvalue weighted by Gasteiger charge is -2.32. The van der Waals surface area contributed by atoms with Gasteiger partial charge in [-0.05, 0) is 68.7 Å². The zero-order valence-electron chi connectivity index (χ0n) is 20.4. The molecule has 0 aliphatic carbocycles. The highest BCUT2D eigenvalue weighted by Crippen LogP contribution is 2.36. The Morgan fingerprint density at radius 1 is 1.15 bits per heavy atom. The van der Waals surface area contributed by atoms with Crippen LogP contribution < -0.4 is 9.47 Å². The molecule has 34 heavy (non-hydrogen) atoms. The maximum atomic E-state index is 13.4. The summed E-state index contributed by atoms with van der Waals surface area (Å²) in [4.78, 5) is 25.9. The molecule has 1 saturated heterocycles. The molecule has 1 aliphatic heterocycles. The molecule has 1 amide bonds. The summed E-state index contributed by atoms with van der Waals surface area (Å²) in [6, 6.07) is 8.41. The summed E-state index contributed by atoms with van der Waals surface area (Å²) in [5.74, 6) is 2.70. The Bertz CT molecular complexity index is 1120. The van der Waals surface area contributed by atoms with Crippen LogP contribution in [0.25, 0.3) is 10.2 Å². The van der Waals surface area contributed by atoms with Crippen molar-refractivity contribution in [1.82, 2.24) is 14.9 Å². The van der Waals surface area contributed by atoms with Gasteiger partial charge in [-0.2, -0.15) is 4.98 Å². The number of benzene rings is 1. The van der Waals surface area contributed by atoms with Gasteiger partial charge in [0.2, 0.25) is 5.88 Å². The van der Waals surface area contributed by atoms with Crippen LogP contribution in [0.4, 0.5) is 0 Å². The molecule has 3 aromatic rings. The van der Waals surface area contributed by atoms with Crippen LogP contribution in [-0.2, 0) is 17.8 Å². The third-order valence-electron chi connectivity index (χ3n) is 6.44. The number of fused-ring (bicyclic) bond motifs is 1. The number of amides is 1. The Hall–Kier alpha value is -2.71. The smallest absolute Gasteiger partial charge is 0.264 e. The van der Waals surface area contributed by atoms with E-state index in [0.29, 0.717) is 30.8 Å². The lowest BCUT2D eigenvalue weighted by atomic mass is 9.90. The Labute approximate surface area is 205 Å². The number of aromatic nitrogens is 2. The summed E-state index contributed by atoms with van der Waals surface area (Å²) < 4.78 is 16.2. The molecular weight excluding hydrogens is 450 g/mol. The first-order valence-electron chi connectivity index (χ1n) is 11.9. The molecule has 4 rings (SSSR count). The largest absolute Gasteiger partial charge is 0.494 e. The standard InChI is InChI=1S/C26H33N3O4S/c1-5-33-20-10-8-18(9-11-20)6-7-19-12-14-29(15-13-19)26(30)23-17(2)22-24(32-4)27-21(16-31-3)28-25(22)34-23/h8-11,19H,5-7,12-16H2,1-4H3. The highest BCUT2D eigenvalue weighted by molar-refractivity contribution is 7.20. The number of hydrogen-bond acceptors (Lipinski definition) is 7. The molecule has 1 fully saturated rings. The van der Waals surface area contributed by atoms with Gasteiger partial charge < -0.3 is 19.1 Å². The fourth-order valence-corrected chi connectivity index (χ4v) is 5.71. The van der Waals surface area contributed by atoms with Crippen molar-refractivity contribution in [2.45, 2.75) is 46.1 Å². The average Bonchev–Trinajstić information content (AvgIpc) is 3.19.